The van der Waals surface area contributed by atoms with E-state index >= 15 is 0 Å². The number of hydrogen-bond acceptors (Lipinski definition) is 4. The average Bonchev–Trinajstić information content (AvgIpc) is 2.35. The minimum atomic E-state index is -3.83. The van der Waals surface area contributed by atoms with Crippen LogP contribution in [0.4, 0.5) is 14.5 Å². The molecule has 0 radical (unpaired) electrons. The fraction of sp³-hybridized carbons (Fsp3) is 0.643. The highest BCUT2D eigenvalue weighted by Gasteiger charge is 2.61. The zero-order valence-corrected chi connectivity index (χ0v) is 12.3. The van der Waals surface area contributed by atoms with Crippen molar-refractivity contribution in [2.75, 3.05) is 5.32 Å². The van der Waals surface area contributed by atoms with Crippen molar-refractivity contribution in [3.05, 3.63) is 18.2 Å². The van der Waals surface area contributed by atoms with Gasteiger partial charge in [0.25, 0.3) is 5.91 Å². The van der Waals surface area contributed by atoms with Gasteiger partial charge in [-0.25, -0.2) is 9.97 Å². The first-order valence-electron chi connectivity index (χ1n) is 6.80. The quantitative estimate of drug-likeness (QED) is 0.897. The highest BCUT2D eigenvalue weighted by molar-refractivity contribution is 5.96. The molecule has 0 aromatic carbocycles. The average molecular weight is 299 g/mol. The largest absolute Gasteiger partial charge is 0.383 e. The Morgan fingerprint density at radius 3 is 2.19 bits per heavy atom. The number of rotatable bonds is 3. The van der Waals surface area contributed by atoms with E-state index in [1.54, 1.807) is 0 Å². The summed E-state index contributed by atoms with van der Waals surface area (Å²) in [7, 11) is 0. The number of carbonyl (C=O) groups excluding carboxylic acids is 1. The van der Waals surface area contributed by atoms with Crippen LogP contribution in [0.15, 0.2) is 12.4 Å². The number of aromatic nitrogens is 2. The molecule has 1 aromatic rings. The van der Waals surface area contributed by atoms with Crippen molar-refractivity contribution in [3.8, 4) is 0 Å². The number of halogens is 2. The van der Waals surface area contributed by atoms with Crippen molar-refractivity contribution < 1.29 is 18.7 Å². The van der Waals surface area contributed by atoms with Crippen LogP contribution >= 0.6 is 0 Å². The first kappa shape index (κ1) is 15.8. The summed E-state index contributed by atoms with van der Waals surface area (Å²) >= 11 is 0. The maximum atomic E-state index is 13.9. The molecule has 0 atom stereocenters. The van der Waals surface area contributed by atoms with Gasteiger partial charge in [0.15, 0.2) is 0 Å². The van der Waals surface area contributed by atoms with E-state index in [9.17, 15) is 18.7 Å². The summed E-state index contributed by atoms with van der Waals surface area (Å²) in [4.78, 5) is 19.8. The van der Waals surface area contributed by atoms with Crippen molar-refractivity contribution in [2.24, 2.45) is 0 Å². The van der Waals surface area contributed by atoms with Crippen molar-refractivity contribution in [1.82, 2.24) is 9.97 Å². The standard InChI is InChI=1S/C14H19F2N3O2/c1-12(2,3)10-17-7-9(8-18-10)19-11(20)14(15,16)13(21)5-4-6-13/h7-8,21H,4-6H2,1-3H3,(H,19,20). The van der Waals surface area contributed by atoms with Crippen LogP contribution in [0.1, 0.15) is 45.9 Å². The maximum Gasteiger partial charge on any atom is 0.352 e. The monoisotopic (exact) mass is 299 g/mol. The molecular formula is C14H19F2N3O2. The van der Waals surface area contributed by atoms with Crippen LogP contribution in [0.2, 0.25) is 0 Å². The van der Waals surface area contributed by atoms with Crippen LogP contribution in [0, 0.1) is 0 Å². The van der Waals surface area contributed by atoms with Gasteiger partial charge in [-0.15, -0.1) is 0 Å². The zero-order valence-electron chi connectivity index (χ0n) is 12.3. The zero-order chi connectivity index (χ0) is 15.9. The number of carbonyl (C=O) groups is 1. The lowest BCUT2D eigenvalue weighted by Crippen LogP contribution is -2.59. The predicted octanol–water partition coefficient (Wildman–Crippen LogP) is 2.26. The van der Waals surface area contributed by atoms with Crippen molar-refractivity contribution in [3.63, 3.8) is 0 Å². The highest BCUT2D eigenvalue weighted by Crippen LogP contribution is 2.44. The van der Waals surface area contributed by atoms with Gasteiger partial charge in [-0.05, 0) is 19.3 Å². The van der Waals surface area contributed by atoms with Gasteiger partial charge in [-0.3, -0.25) is 4.79 Å². The van der Waals surface area contributed by atoms with Crippen LogP contribution in [0.5, 0.6) is 0 Å². The molecule has 1 amide bonds. The molecular weight excluding hydrogens is 280 g/mol. The van der Waals surface area contributed by atoms with Crippen LogP contribution in [-0.2, 0) is 10.2 Å². The van der Waals surface area contributed by atoms with Gasteiger partial charge < -0.3 is 10.4 Å². The van der Waals surface area contributed by atoms with E-state index in [4.69, 9.17) is 0 Å². The second kappa shape index (κ2) is 4.98. The fourth-order valence-electron chi connectivity index (χ4n) is 2.03. The molecule has 1 aromatic heterocycles. The summed E-state index contributed by atoms with van der Waals surface area (Å²) in [5.74, 6) is -4.81. The van der Waals surface area contributed by atoms with E-state index in [0.717, 1.165) is 0 Å². The van der Waals surface area contributed by atoms with E-state index in [1.807, 2.05) is 20.8 Å². The molecule has 0 unspecified atom stereocenters. The third-order valence-electron chi connectivity index (χ3n) is 3.63. The summed E-state index contributed by atoms with van der Waals surface area (Å²) in [6.07, 6.45) is 2.90. The van der Waals surface area contributed by atoms with E-state index in [-0.39, 0.29) is 23.9 Å². The molecule has 2 N–H and O–H groups in total. The molecule has 0 bridgehead atoms. The smallest absolute Gasteiger partial charge is 0.352 e. The molecule has 116 valence electrons. The number of alkyl halides is 2. The van der Waals surface area contributed by atoms with E-state index < -0.39 is 17.4 Å². The number of nitrogens with one attached hydrogen (secondary N) is 1. The lowest BCUT2D eigenvalue weighted by atomic mass is 9.75. The summed E-state index contributed by atoms with van der Waals surface area (Å²) in [6, 6.07) is 0. The van der Waals surface area contributed by atoms with Crippen molar-refractivity contribution in [2.45, 2.75) is 57.0 Å². The molecule has 5 nitrogen and oxygen atoms in total. The van der Waals surface area contributed by atoms with Crippen molar-refractivity contribution in [1.29, 1.82) is 0 Å². The number of anilines is 1. The number of nitrogens with zero attached hydrogens (tertiary/aromatic N) is 2. The Kier molecular flexibility index (Phi) is 3.73. The van der Waals surface area contributed by atoms with Gasteiger partial charge >= 0.3 is 5.92 Å². The third kappa shape index (κ3) is 2.88. The van der Waals surface area contributed by atoms with Gasteiger partial charge in [-0.2, -0.15) is 8.78 Å². The Morgan fingerprint density at radius 1 is 1.29 bits per heavy atom. The molecule has 1 heterocycles. The molecule has 0 saturated heterocycles. The first-order valence-corrected chi connectivity index (χ1v) is 6.80. The topological polar surface area (TPSA) is 75.1 Å². The molecule has 0 spiro atoms. The van der Waals surface area contributed by atoms with E-state index in [2.05, 4.69) is 15.3 Å². The van der Waals surface area contributed by atoms with Crippen LogP contribution in [-0.4, -0.2) is 32.5 Å². The second-order valence-corrected chi connectivity index (χ2v) is 6.46. The molecule has 2 rings (SSSR count). The Balaban J connectivity index is 2.09. The summed E-state index contributed by atoms with van der Waals surface area (Å²) < 4.78 is 27.8. The SMILES string of the molecule is CC(C)(C)c1ncc(NC(=O)C(F)(F)C2(O)CCC2)cn1. The second-order valence-electron chi connectivity index (χ2n) is 6.46. The number of aliphatic hydroxyl groups is 1. The van der Waals surface area contributed by atoms with Gasteiger partial charge in [0.2, 0.25) is 0 Å². The number of amides is 1. The molecule has 1 aliphatic rings. The summed E-state index contributed by atoms with van der Waals surface area (Å²) in [5.41, 5.74) is -2.42. The third-order valence-corrected chi connectivity index (χ3v) is 3.63. The normalized spacial score (nSPS) is 18.0. The van der Waals surface area contributed by atoms with Crippen LogP contribution in [0.25, 0.3) is 0 Å². The Morgan fingerprint density at radius 2 is 1.81 bits per heavy atom. The molecule has 1 saturated carbocycles. The highest BCUT2D eigenvalue weighted by atomic mass is 19.3. The van der Waals surface area contributed by atoms with E-state index in [0.29, 0.717) is 12.2 Å². The summed E-state index contributed by atoms with van der Waals surface area (Å²) in [5, 5.41) is 11.8. The molecule has 0 aliphatic heterocycles. The fourth-order valence-corrected chi connectivity index (χ4v) is 2.03. The first-order chi connectivity index (χ1) is 9.56. The van der Waals surface area contributed by atoms with Gasteiger partial charge in [0.1, 0.15) is 11.4 Å². The lowest BCUT2D eigenvalue weighted by molar-refractivity contribution is -0.212. The lowest BCUT2D eigenvalue weighted by Gasteiger charge is -2.41. The minimum Gasteiger partial charge on any atom is -0.383 e. The molecule has 7 heteroatoms. The van der Waals surface area contributed by atoms with Crippen LogP contribution < -0.4 is 5.32 Å². The Labute approximate surface area is 121 Å². The van der Waals surface area contributed by atoms with Gasteiger partial charge in [0.05, 0.1) is 18.1 Å². The number of hydrogen-bond donors (Lipinski definition) is 2. The molecule has 21 heavy (non-hydrogen) atoms. The van der Waals surface area contributed by atoms with Gasteiger partial charge in [0, 0.05) is 5.41 Å². The molecule has 1 fully saturated rings. The van der Waals surface area contributed by atoms with E-state index in [1.165, 1.54) is 12.4 Å². The minimum absolute atomic E-state index is 0.0765. The van der Waals surface area contributed by atoms with Crippen molar-refractivity contribution >= 4 is 11.6 Å². The Bertz CT molecular complexity index is 534. The Hall–Kier alpha value is -1.63. The van der Waals surface area contributed by atoms with Crippen LogP contribution in [0.3, 0.4) is 0 Å². The molecule has 1 aliphatic carbocycles. The summed E-state index contributed by atoms with van der Waals surface area (Å²) in [6.45, 7) is 5.75. The maximum absolute atomic E-state index is 13.9. The predicted molar refractivity (Wildman–Crippen MR) is 73.1 cm³/mol. The van der Waals surface area contributed by atoms with Gasteiger partial charge in [-0.1, -0.05) is 20.8 Å².